The Kier molecular flexibility index (Phi) is 8.60. The minimum absolute atomic E-state index is 0.0323. The Morgan fingerprint density at radius 2 is 1.90 bits per heavy atom. The van der Waals surface area contributed by atoms with Gasteiger partial charge in [0.15, 0.2) is 5.69 Å². The van der Waals surface area contributed by atoms with Crippen molar-refractivity contribution in [1.29, 1.82) is 0 Å². The van der Waals surface area contributed by atoms with E-state index in [1.165, 1.54) is 20.1 Å². The highest BCUT2D eigenvalue weighted by Crippen LogP contribution is 2.30. The lowest BCUT2D eigenvalue weighted by molar-refractivity contribution is 0.0924. The first kappa shape index (κ1) is 24.4. The Morgan fingerprint density at radius 3 is 2.48 bits per heavy atom. The van der Waals surface area contributed by atoms with Crippen molar-refractivity contribution in [3.63, 3.8) is 0 Å². The quantitative estimate of drug-likeness (QED) is 0.431. The second-order valence-electron chi connectivity index (χ2n) is 6.87. The van der Waals surface area contributed by atoms with Gasteiger partial charge >= 0.3 is 6.01 Å². The van der Waals surface area contributed by atoms with Crippen LogP contribution in [-0.4, -0.2) is 47.4 Å². The van der Waals surface area contributed by atoms with Crippen LogP contribution in [0.2, 0.25) is 0 Å². The van der Waals surface area contributed by atoms with Gasteiger partial charge in [-0.2, -0.15) is 4.57 Å². The lowest BCUT2D eigenvalue weighted by Crippen LogP contribution is -2.22. The number of unbranched alkanes of at least 4 members (excludes halogenated alkanes) is 3. The molecule has 0 aliphatic carbocycles. The molecular formula is C19H28N6O5S. The second-order valence-corrected chi connectivity index (χ2v) is 8.18. The van der Waals surface area contributed by atoms with Gasteiger partial charge < -0.3 is 9.84 Å². The number of ether oxygens (including phenoxy) is 1. The summed E-state index contributed by atoms with van der Waals surface area (Å²) in [4.78, 5) is 25.1. The molecule has 1 atom stereocenters. The van der Waals surface area contributed by atoms with Crippen LogP contribution in [0.15, 0.2) is 19.9 Å². The van der Waals surface area contributed by atoms with Crippen LogP contribution >= 0.6 is 0 Å². The van der Waals surface area contributed by atoms with E-state index in [0.717, 1.165) is 28.4 Å². The predicted molar refractivity (Wildman–Crippen MR) is 115 cm³/mol. The molecule has 0 aliphatic rings. The van der Waals surface area contributed by atoms with Gasteiger partial charge in [-0.15, -0.1) is 15.3 Å². The van der Waals surface area contributed by atoms with Crippen LogP contribution in [0.25, 0.3) is 0 Å². The number of aromatic nitrogens is 4. The molecule has 2 aromatic rings. The summed E-state index contributed by atoms with van der Waals surface area (Å²) >= 11 is 0. The maximum Gasteiger partial charge on any atom is 0.325 e. The molecule has 0 saturated carbocycles. The van der Waals surface area contributed by atoms with Gasteiger partial charge in [-0.3, -0.25) is 18.4 Å². The standard InChI is InChI=1S/C19H28N6O5S/c1-6-8-9-10-11-24-16(27)14(12(3)15(17(24)28)31(5)29)20-21-18-22-23-19(30-7-2)25(18)13(4)26/h28H,6-11H2,1-5H3. The van der Waals surface area contributed by atoms with Crippen molar-refractivity contribution in [2.45, 2.75) is 64.8 Å². The Morgan fingerprint density at radius 1 is 1.19 bits per heavy atom. The van der Waals surface area contributed by atoms with Gasteiger partial charge in [-0.25, -0.2) is 0 Å². The van der Waals surface area contributed by atoms with Crippen LogP contribution in [0, 0.1) is 6.92 Å². The van der Waals surface area contributed by atoms with E-state index in [-0.39, 0.29) is 47.1 Å². The van der Waals surface area contributed by atoms with Gasteiger partial charge in [0, 0.05) is 25.3 Å². The van der Waals surface area contributed by atoms with Crippen LogP contribution in [0.5, 0.6) is 11.9 Å². The molecular weight excluding hydrogens is 424 g/mol. The lowest BCUT2D eigenvalue weighted by atomic mass is 10.2. The summed E-state index contributed by atoms with van der Waals surface area (Å²) in [6, 6.07) is -0.0323. The van der Waals surface area contributed by atoms with Gasteiger partial charge in [0.25, 0.3) is 11.5 Å². The van der Waals surface area contributed by atoms with Crippen LogP contribution < -0.4 is 10.3 Å². The van der Waals surface area contributed by atoms with E-state index in [1.54, 1.807) is 6.92 Å². The minimum Gasteiger partial charge on any atom is -0.494 e. The zero-order valence-electron chi connectivity index (χ0n) is 18.4. The number of rotatable bonds is 10. The normalized spacial score (nSPS) is 12.4. The van der Waals surface area contributed by atoms with E-state index >= 15 is 0 Å². The molecule has 0 amide bonds. The highest BCUT2D eigenvalue weighted by Gasteiger charge is 2.22. The van der Waals surface area contributed by atoms with Gasteiger partial charge in [0.05, 0.1) is 17.4 Å². The van der Waals surface area contributed by atoms with Crippen molar-refractivity contribution < 1.29 is 18.8 Å². The molecule has 0 spiro atoms. The third-order valence-electron chi connectivity index (χ3n) is 4.57. The highest BCUT2D eigenvalue weighted by molar-refractivity contribution is 7.84. The predicted octanol–water partition coefficient (Wildman–Crippen LogP) is 3.25. The molecule has 2 aromatic heterocycles. The van der Waals surface area contributed by atoms with Crippen LogP contribution in [-0.2, 0) is 17.3 Å². The highest BCUT2D eigenvalue weighted by atomic mass is 32.2. The molecule has 0 aliphatic heterocycles. The van der Waals surface area contributed by atoms with Crippen molar-refractivity contribution in [1.82, 2.24) is 19.3 Å². The average Bonchev–Trinajstić information content (AvgIpc) is 3.10. The summed E-state index contributed by atoms with van der Waals surface area (Å²) < 4.78 is 19.7. The Balaban J connectivity index is 2.56. The van der Waals surface area contributed by atoms with Crippen LogP contribution in [0.4, 0.5) is 11.6 Å². The summed E-state index contributed by atoms with van der Waals surface area (Å²) in [7, 11) is -1.57. The number of hydrogen-bond donors (Lipinski definition) is 1. The van der Waals surface area contributed by atoms with Crippen LogP contribution in [0.1, 0.15) is 56.8 Å². The van der Waals surface area contributed by atoms with E-state index in [1.807, 2.05) is 0 Å². The van der Waals surface area contributed by atoms with Gasteiger partial charge in [-0.05, 0) is 20.3 Å². The maximum atomic E-state index is 13.0. The molecule has 0 saturated heterocycles. The van der Waals surface area contributed by atoms with Crippen molar-refractivity contribution in [2.24, 2.45) is 10.2 Å². The van der Waals surface area contributed by atoms with Crippen LogP contribution in [0.3, 0.4) is 0 Å². The van der Waals surface area contributed by atoms with Crippen molar-refractivity contribution >= 4 is 28.3 Å². The number of hydrogen-bond acceptors (Lipinski definition) is 9. The Bertz CT molecular complexity index is 1060. The molecule has 0 radical (unpaired) electrons. The van der Waals surface area contributed by atoms with Gasteiger partial charge in [0.2, 0.25) is 11.8 Å². The van der Waals surface area contributed by atoms with Crippen molar-refractivity contribution in [2.75, 3.05) is 12.9 Å². The molecule has 0 bridgehead atoms. The summed E-state index contributed by atoms with van der Waals surface area (Å²) in [5.41, 5.74) is -0.409. The zero-order valence-corrected chi connectivity index (χ0v) is 19.2. The monoisotopic (exact) mass is 452 g/mol. The summed E-state index contributed by atoms with van der Waals surface area (Å²) in [5, 5.41) is 26.0. The Hall–Kier alpha value is -2.89. The fraction of sp³-hybridized carbons (Fsp3) is 0.579. The molecule has 0 fully saturated rings. The number of carbonyl (C=O) groups is 1. The largest absolute Gasteiger partial charge is 0.494 e. The average molecular weight is 453 g/mol. The first-order valence-electron chi connectivity index (χ1n) is 10.0. The summed E-state index contributed by atoms with van der Waals surface area (Å²) in [6.45, 7) is 7.16. The smallest absolute Gasteiger partial charge is 0.325 e. The fourth-order valence-corrected chi connectivity index (χ4v) is 3.96. The van der Waals surface area contributed by atoms with E-state index in [0.29, 0.717) is 6.42 Å². The molecule has 2 heterocycles. The summed E-state index contributed by atoms with van der Waals surface area (Å²) in [5.74, 6) is -0.922. The fourth-order valence-electron chi connectivity index (χ4n) is 3.07. The third-order valence-corrected chi connectivity index (χ3v) is 5.63. The number of carbonyl (C=O) groups excluding carboxylic acids is 1. The van der Waals surface area contributed by atoms with Gasteiger partial charge in [-0.1, -0.05) is 31.3 Å². The van der Waals surface area contributed by atoms with E-state index in [9.17, 15) is 18.9 Å². The molecule has 11 nitrogen and oxygen atoms in total. The lowest BCUT2D eigenvalue weighted by Gasteiger charge is -2.15. The molecule has 31 heavy (non-hydrogen) atoms. The second kappa shape index (κ2) is 10.9. The van der Waals surface area contributed by atoms with Crippen molar-refractivity contribution in [3.05, 3.63) is 15.9 Å². The number of azo groups is 1. The van der Waals surface area contributed by atoms with Gasteiger partial charge in [0.1, 0.15) is 4.90 Å². The Labute approximate surface area is 182 Å². The maximum absolute atomic E-state index is 13.0. The molecule has 12 heteroatoms. The molecule has 170 valence electrons. The number of nitrogens with zero attached hydrogens (tertiary/aromatic N) is 6. The molecule has 1 N–H and O–H groups in total. The van der Waals surface area contributed by atoms with E-state index < -0.39 is 22.3 Å². The van der Waals surface area contributed by atoms with E-state index in [4.69, 9.17) is 4.74 Å². The third kappa shape index (κ3) is 5.43. The molecule has 1 unspecified atom stereocenters. The molecule has 2 rings (SSSR count). The zero-order chi connectivity index (χ0) is 23.1. The molecule has 0 aromatic carbocycles. The number of aromatic hydroxyl groups is 1. The van der Waals surface area contributed by atoms with Crippen molar-refractivity contribution in [3.8, 4) is 11.9 Å². The topological polar surface area (TPSA) is 141 Å². The first-order valence-corrected chi connectivity index (χ1v) is 11.6. The summed E-state index contributed by atoms with van der Waals surface area (Å²) in [6.07, 6.45) is 5.00. The first-order chi connectivity index (χ1) is 14.7. The van der Waals surface area contributed by atoms with E-state index in [2.05, 4.69) is 27.3 Å². The minimum atomic E-state index is -1.57. The SMILES string of the molecule is CCCCCCn1c(O)c(S(C)=O)c(C)c(N=Nc2nnc(OCC)n2C(C)=O)c1=O. The number of pyridine rings is 1.